The van der Waals surface area contributed by atoms with Gasteiger partial charge in [-0.3, -0.25) is 14.4 Å². The molecular formula is C30H41ClN4O4. The van der Waals surface area contributed by atoms with Gasteiger partial charge in [0.25, 0.3) is 0 Å². The molecule has 3 atom stereocenters. The number of halogens is 1. The number of likely N-dealkylation sites (tertiary alicyclic amines) is 1. The summed E-state index contributed by atoms with van der Waals surface area (Å²) in [5.74, 6) is -1.34. The molecule has 4 N–H and O–H groups in total. The summed E-state index contributed by atoms with van der Waals surface area (Å²) in [5, 5.41) is 0. The fourth-order valence-corrected chi connectivity index (χ4v) is 6.04. The first-order chi connectivity index (χ1) is 18.0. The number of amides is 3. The molecule has 2 aromatic carbocycles. The van der Waals surface area contributed by atoms with Crippen molar-refractivity contribution in [2.45, 2.75) is 56.1 Å². The van der Waals surface area contributed by atoms with Crippen LogP contribution in [-0.4, -0.2) is 66.9 Å². The number of rotatable bonds is 9. The number of hydrogen-bond donors (Lipinski definition) is 2. The number of nitrogens with two attached hydrogens (primary N) is 2. The number of fused-ring (bicyclic) bond motifs is 2. The van der Waals surface area contributed by atoms with Crippen molar-refractivity contribution in [3.63, 3.8) is 0 Å². The Morgan fingerprint density at radius 1 is 1.08 bits per heavy atom. The van der Waals surface area contributed by atoms with Crippen LogP contribution in [0.15, 0.2) is 54.6 Å². The molecule has 0 radical (unpaired) electrons. The lowest BCUT2D eigenvalue weighted by Crippen LogP contribution is -2.54. The average molecular weight is 557 g/mol. The molecule has 0 bridgehead atoms. The van der Waals surface area contributed by atoms with Crippen LogP contribution in [0, 0.1) is 5.92 Å². The van der Waals surface area contributed by atoms with Crippen LogP contribution in [0.5, 0.6) is 0 Å². The quantitative estimate of drug-likeness (QED) is 0.492. The largest absolute Gasteiger partial charge is 0.376 e. The Bertz CT molecular complexity index is 1160. The van der Waals surface area contributed by atoms with E-state index in [2.05, 4.69) is 12.1 Å². The fraction of sp³-hybridized carbons (Fsp3) is 0.500. The molecule has 4 rings (SSSR count). The van der Waals surface area contributed by atoms with Crippen LogP contribution in [0.2, 0.25) is 0 Å². The smallest absolute Gasteiger partial charge is 0.237 e. The Morgan fingerprint density at radius 3 is 2.31 bits per heavy atom. The number of carbonyl (C=O) groups excluding carboxylic acids is 3. The maximum atomic E-state index is 13.7. The van der Waals surface area contributed by atoms with Gasteiger partial charge in [0, 0.05) is 32.6 Å². The number of ether oxygens (including phenoxy) is 1. The van der Waals surface area contributed by atoms with Gasteiger partial charge in [0.05, 0.1) is 30.6 Å². The molecule has 39 heavy (non-hydrogen) atoms. The molecule has 3 amide bonds. The molecule has 212 valence electrons. The lowest BCUT2D eigenvalue weighted by Gasteiger charge is -2.42. The molecule has 8 nitrogen and oxygen atoms in total. The minimum atomic E-state index is -1.32. The van der Waals surface area contributed by atoms with E-state index in [1.54, 1.807) is 25.9 Å². The molecule has 1 aliphatic heterocycles. The average Bonchev–Trinajstić information content (AvgIpc) is 3.22. The third kappa shape index (κ3) is 6.62. The lowest BCUT2D eigenvalue weighted by molar-refractivity contribution is -0.141. The van der Waals surface area contributed by atoms with Crippen LogP contribution in [0.1, 0.15) is 55.2 Å². The van der Waals surface area contributed by atoms with Gasteiger partial charge in [0.2, 0.25) is 17.7 Å². The summed E-state index contributed by atoms with van der Waals surface area (Å²) >= 11 is 0. The zero-order chi connectivity index (χ0) is 27.5. The Kier molecular flexibility index (Phi) is 9.80. The molecule has 2 aromatic rings. The number of likely N-dealkylation sites (N-methyl/N-ethyl adjacent to an activating group) is 1. The molecule has 2 unspecified atom stereocenters. The van der Waals surface area contributed by atoms with Crippen molar-refractivity contribution in [1.82, 2.24) is 9.80 Å². The molecule has 1 spiro atoms. The number of carbonyl (C=O) groups is 3. The predicted octanol–water partition coefficient (Wildman–Crippen LogP) is 2.97. The van der Waals surface area contributed by atoms with Crippen molar-refractivity contribution in [3.8, 4) is 0 Å². The summed E-state index contributed by atoms with van der Waals surface area (Å²) in [6, 6.07) is 18.0. The zero-order valence-electron chi connectivity index (χ0n) is 23.1. The van der Waals surface area contributed by atoms with Crippen LogP contribution >= 0.6 is 12.4 Å². The first kappa shape index (κ1) is 30.6. The van der Waals surface area contributed by atoms with Crippen LogP contribution < -0.4 is 11.5 Å². The highest BCUT2D eigenvalue weighted by atomic mass is 35.5. The molecule has 1 aliphatic carbocycles. The maximum Gasteiger partial charge on any atom is 0.237 e. The van der Waals surface area contributed by atoms with Crippen molar-refractivity contribution in [1.29, 1.82) is 0 Å². The van der Waals surface area contributed by atoms with Gasteiger partial charge >= 0.3 is 0 Å². The van der Waals surface area contributed by atoms with E-state index >= 15 is 0 Å². The van der Waals surface area contributed by atoms with E-state index in [-0.39, 0.29) is 48.6 Å². The third-order valence-electron chi connectivity index (χ3n) is 8.29. The highest BCUT2D eigenvalue weighted by molar-refractivity contribution is 5.87. The summed E-state index contributed by atoms with van der Waals surface area (Å²) in [6.07, 6.45) is 2.43. The number of primary amides is 1. The number of piperidine rings is 1. The highest BCUT2D eigenvalue weighted by Crippen LogP contribution is 2.52. The number of nitrogens with zero attached hydrogens (tertiary/aromatic N) is 2. The molecule has 2 aliphatic rings. The van der Waals surface area contributed by atoms with Gasteiger partial charge in [-0.2, -0.15) is 0 Å². The number of hydrogen-bond acceptors (Lipinski definition) is 5. The topological polar surface area (TPSA) is 119 Å². The van der Waals surface area contributed by atoms with Gasteiger partial charge in [0.1, 0.15) is 0 Å². The van der Waals surface area contributed by atoms with Crippen LogP contribution in [-0.2, 0) is 31.1 Å². The Balaban J connectivity index is 0.00000420. The molecule has 1 fully saturated rings. The fourth-order valence-electron chi connectivity index (χ4n) is 6.04. The standard InChI is InChI=1S/C30H40N4O4.ClH/c1-29(32,28(31)37)17-22(20-38-19-21-9-5-4-6-10-21)26(35)34-15-13-30(14-16-34)18-24(27(36)33(2)3)23-11-7-8-12-25(23)30;/h4-12,22,24H,13-20,32H2,1-3H3,(H2,31,37);1H/t22-,24?,29?;/m1./s1. The highest BCUT2D eigenvalue weighted by Gasteiger charge is 2.48. The lowest BCUT2D eigenvalue weighted by atomic mass is 9.73. The van der Waals surface area contributed by atoms with Crippen LogP contribution in [0.4, 0.5) is 0 Å². The summed E-state index contributed by atoms with van der Waals surface area (Å²) in [5.41, 5.74) is 13.6. The van der Waals surface area contributed by atoms with E-state index < -0.39 is 17.4 Å². The second-order valence-corrected chi connectivity index (χ2v) is 11.4. The Hall–Kier alpha value is -2.94. The van der Waals surface area contributed by atoms with Gasteiger partial charge in [0.15, 0.2) is 0 Å². The summed E-state index contributed by atoms with van der Waals surface area (Å²) in [6.45, 7) is 3.23. The third-order valence-corrected chi connectivity index (χ3v) is 8.29. The molecule has 1 heterocycles. The minimum absolute atomic E-state index is 0. The second kappa shape index (κ2) is 12.5. The zero-order valence-corrected chi connectivity index (χ0v) is 23.9. The van der Waals surface area contributed by atoms with Crippen molar-refractivity contribution in [3.05, 3.63) is 71.3 Å². The Labute approximate surface area is 237 Å². The molecule has 0 saturated carbocycles. The van der Waals surface area contributed by atoms with Crippen molar-refractivity contribution >= 4 is 30.1 Å². The second-order valence-electron chi connectivity index (χ2n) is 11.4. The van der Waals surface area contributed by atoms with E-state index in [1.165, 1.54) is 5.56 Å². The van der Waals surface area contributed by atoms with Gasteiger partial charge < -0.3 is 26.0 Å². The molecular weight excluding hydrogens is 516 g/mol. The minimum Gasteiger partial charge on any atom is -0.376 e. The predicted molar refractivity (Wildman–Crippen MR) is 153 cm³/mol. The van der Waals surface area contributed by atoms with Crippen molar-refractivity contribution in [2.75, 3.05) is 33.8 Å². The van der Waals surface area contributed by atoms with Crippen LogP contribution in [0.25, 0.3) is 0 Å². The van der Waals surface area contributed by atoms with Crippen molar-refractivity contribution in [2.24, 2.45) is 17.4 Å². The molecule has 0 aromatic heterocycles. The van der Waals surface area contributed by atoms with E-state index in [9.17, 15) is 14.4 Å². The van der Waals surface area contributed by atoms with Gasteiger partial charge in [-0.25, -0.2) is 0 Å². The van der Waals surface area contributed by atoms with Crippen molar-refractivity contribution < 1.29 is 19.1 Å². The van der Waals surface area contributed by atoms with Gasteiger partial charge in [-0.05, 0) is 49.3 Å². The van der Waals surface area contributed by atoms with E-state index in [1.807, 2.05) is 47.4 Å². The van der Waals surface area contributed by atoms with E-state index in [4.69, 9.17) is 16.2 Å². The van der Waals surface area contributed by atoms with Gasteiger partial charge in [-0.15, -0.1) is 12.4 Å². The van der Waals surface area contributed by atoms with Crippen LogP contribution in [0.3, 0.4) is 0 Å². The Morgan fingerprint density at radius 2 is 1.69 bits per heavy atom. The molecule has 1 saturated heterocycles. The molecule has 9 heteroatoms. The number of benzene rings is 2. The monoisotopic (exact) mass is 556 g/mol. The van der Waals surface area contributed by atoms with E-state index in [0.717, 1.165) is 30.4 Å². The first-order valence-electron chi connectivity index (χ1n) is 13.3. The maximum absolute atomic E-state index is 13.7. The van der Waals surface area contributed by atoms with E-state index in [0.29, 0.717) is 19.7 Å². The normalized spacial score (nSPS) is 19.9. The summed E-state index contributed by atoms with van der Waals surface area (Å²) in [7, 11) is 3.60. The first-order valence-corrected chi connectivity index (χ1v) is 13.3. The van der Waals surface area contributed by atoms with Gasteiger partial charge in [-0.1, -0.05) is 54.6 Å². The summed E-state index contributed by atoms with van der Waals surface area (Å²) in [4.78, 5) is 42.2. The SMILES string of the molecule is CN(C)C(=O)C1CC2(CCN(C(=O)[C@@H](COCc3ccccc3)CC(C)(N)C(N)=O)CC2)c2ccccc21.Cl. The summed E-state index contributed by atoms with van der Waals surface area (Å²) < 4.78 is 5.92.